The van der Waals surface area contributed by atoms with E-state index in [9.17, 15) is 14.0 Å². The van der Waals surface area contributed by atoms with E-state index in [1.165, 1.54) is 6.07 Å². The Morgan fingerprint density at radius 2 is 1.83 bits per heavy atom. The second-order valence-corrected chi connectivity index (χ2v) is 7.40. The highest BCUT2D eigenvalue weighted by atomic mass is 32.2. The van der Waals surface area contributed by atoms with Crippen molar-refractivity contribution in [3.63, 3.8) is 0 Å². The van der Waals surface area contributed by atoms with Crippen molar-refractivity contribution < 1.29 is 18.7 Å². The van der Waals surface area contributed by atoms with Crippen LogP contribution in [0, 0.1) is 5.82 Å². The average Bonchev–Trinajstić information content (AvgIpc) is 3.30. The van der Waals surface area contributed by atoms with E-state index in [1.807, 2.05) is 47.3 Å². The van der Waals surface area contributed by atoms with Crippen molar-refractivity contribution in [2.24, 2.45) is 0 Å². The average molecular weight is 408 g/mol. The highest BCUT2D eigenvalue weighted by Gasteiger charge is 2.35. The summed E-state index contributed by atoms with van der Waals surface area (Å²) in [5.41, 5.74) is 2.04. The first-order valence-electron chi connectivity index (χ1n) is 8.86. The van der Waals surface area contributed by atoms with Gasteiger partial charge in [0.2, 0.25) is 0 Å². The largest absolute Gasteiger partial charge is 0.497 e. The van der Waals surface area contributed by atoms with Gasteiger partial charge in [-0.2, -0.15) is 0 Å². The second-order valence-electron chi connectivity index (χ2n) is 6.41. The van der Waals surface area contributed by atoms with Gasteiger partial charge in [0.25, 0.3) is 11.1 Å². The number of imide groups is 1. The summed E-state index contributed by atoms with van der Waals surface area (Å²) in [4.78, 5) is 26.3. The van der Waals surface area contributed by atoms with Gasteiger partial charge in [-0.3, -0.25) is 14.5 Å². The van der Waals surface area contributed by atoms with Crippen LogP contribution in [0.3, 0.4) is 0 Å². The van der Waals surface area contributed by atoms with Gasteiger partial charge in [0.05, 0.1) is 18.6 Å². The SMILES string of the molecule is COc1ccc(-n2ccc(/C=C3/SC(=O)N(Cc4ccccc4F)C3=O)c2)cc1. The minimum absolute atomic E-state index is 0.0818. The zero-order valence-corrected chi connectivity index (χ0v) is 16.4. The highest BCUT2D eigenvalue weighted by Crippen LogP contribution is 2.33. The molecule has 0 N–H and O–H groups in total. The summed E-state index contributed by atoms with van der Waals surface area (Å²) in [5, 5.41) is -0.404. The first-order chi connectivity index (χ1) is 14.0. The van der Waals surface area contributed by atoms with E-state index >= 15 is 0 Å². The Morgan fingerprint density at radius 3 is 2.55 bits per heavy atom. The van der Waals surface area contributed by atoms with Crippen LogP contribution in [0.5, 0.6) is 5.75 Å². The Balaban J connectivity index is 1.53. The maximum Gasteiger partial charge on any atom is 0.293 e. The number of hydrogen-bond donors (Lipinski definition) is 0. The standard InChI is InChI=1S/C22H17FN2O3S/c1-28-18-8-6-17(7-9-18)24-11-10-15(13-24)12-20-21(26)25(22(27)29-20)14-16-4-2-3-5-19(16)23/h2-13H,14H2,1H3/b20-12+. The Kier molecular flexibility index (Phi) is 5.22. The van der Waals surface area contributed by atoms with Crippen molar-refractivity contribution in [1.82, 2.24) is 9.47 Å². The molecule has 1 aromatic heterocycles. The number of hydrogen-bond acceptors (Lipinski definition) is 4. The van der Waals surface area contributed by atoms with Crippen molar-refractivity contribution in [3.8, 4) is 11.4 Å². The number of methoxy groups -OCH3 is 1. The zero-order chi connectivity index (χ0) is 20.4. The predicted molar refractivity (Wildman–Crippen MR) is 110 cm³/mol. The Labute approximate surface area is 171 Å². The lowest BCUT2D eigenvalue weighted by Crippen LogP contribution is -2.27. The first kappa shape index (κ1) is 19.0. The van der Waals surface area contributed by atoms with E-state index in [2.05, 4.69) is 0 Å². The Morgan fingerprint density at radius 1 is 1.07 bits per heavy atom. The van der Waals surface area contributed by atoms with Crippen LogP contribution in [0.15, 0.2) is 71.9 Å². The van der Waals surface area contributed by atoms with Gasteiger partial charge in [0.1, 0.15) is 11.6 Å². The summed E-state index contributed by atoms with van der Waals surface area (Å²) in [6.07, 6.45) is 5.41. The fourth-order valence-corrected chi connectivity index (χ4v) is 3.84. The molecule has 0 unspecified atom stereocenters. The quantitative estimate of drug-likeness (QED) is 0.566. The van der Waals surface area contributed by atoms with Gasteiger partial charge in [-0.05, 0) is 59.8 Å². The molecule has 5 nitrogen and oxygen atoms in total. The van der Waals surface area contributed by atoms with Crippen LogP contribution in [-0.2, 0) is 11.3 Å². The molecule has 2 heterocycles. The fourth-order valence-electron chi connectivity index (χ4n) is 3.00. The van der Waals surface area contributed by atoms with E-state index in [1.54, 1.807) is 31.4 Å². The molecule has 29 heavy (non-hydrogen) atoms. The number of halogens is 1. The lowest BCUT2D eigenvalue weighted by Gasteiger charge is -2.12. The smallest absolute Gasteiger partial charge is 0.293 e. The van der Waals surface area contributed by atoms with E-state index in [0.29, 0.717) is 10.5 Å². The number of carbonyl (C=O) groups excluding carboxylic acids is 2. The second kappa shape index (κ2) is 7.97. The van der Waals surface area contributed by atoms with E-state index < -0.39 is 17.0 Å². The van der Waals surface area contributed by atoms with Crippen LogP contribution in [-0.4, -0.2) is 27.7 Å². The van der Waals surface area contributed by atoms with Crippen LogP contribution >= 0.6 is 11.8 Å². The maximum atomic E-state index is 13.9. The van der Waals surface area contributed by atoms with Gasteiger partial charge < -0.3 is 9.30 Å². The molecule has 1 aliphatic rings. The molecule has 3 aromatic rings. The van der Waals surface area contributed by atoms with Gasteiger partial charge >= 0.3 is 0 Å². The van der Waals surface area contributed by atoms with E-state index in [-0.39, 0.29) is 6.54 Å². The summed E-state index contributed by atoms with van der Waals surface area (Å²) in [7, 11) is 1.61. The summed E-state index contributed by atoms with van der Waals surface area (Å²) < 4.78 is 20.9. The number of rotatable bonds is 5. The number of aromatic nitrogens is 1. The van der Waals surface area contributed by atoms with Crippen LogP contribution in [0.1, 0.15) is 11.1 Å². The van der Waals surface area contributed by atoms with Crippen molar-refractivity contribution in [2.75, 3.05) is 7.11 Å². The minimum atomic E-state index is -0.438. The van der Waals surface area contributed by atoms with Gasteiger partial charge in [-0.1, -0.05) is 18.2 Å². The zero-order valence-electron chi connectivity index (χ0n) is 15.5. The molecule has 1 aliphatic heterocycles. The minimum Gasteiger partial charge on any atom is -0.497 e. The molecule has 0 radical (unpaired) electrons. The Hall–Kier alpha value is -3.32. The molecule has 146 valence electrons. The number of carbonyl (C=O) groups is 2. The van der Waals surface area contributed by atoms with Crippen molar-refractivity contribution in [2.45, 2.75) is 6.54 Å². The monoisotopic (exact) mass is 408 g/mol. The fraction of sp³-hybridized carbons (Fsp3) is 0.0909. The summed E-state index contributed by atoms with van der Waals surface area (Å²) in [5.74, 6) is -0.0859. The van der Waals surface area contributed by atoms with Crippen LogP contribution < -0.4 is 4.74 Å². The van der Waals surface area contributed by atoms with Crippen molar-refractivity contribution in [1.29, 1.82) is 0 Å². The number of ether oxygens (including phenoxy) is 1. The third-order valence-electron chi connectivity index (χ3n) is 4.54. The Bertz CT molecular complexity index is 1110. The molecule has 0 aliphatic carbocycles. The van der Waals surface area contributed by atoms with E-state index in [0.717, 1.165) is 33.7 Å². The van der Waals surface area contributed by atoms with Gasteiger partial charge in [-0.15, -0.1) is 0 Å². The molecule has 0 bridgehead atoms. The highest BCUT2D eigenvalue weighted by molar-refractivity contribution is 8.18. The number of amides is 2. The first-order valence-corrected chi connectivity index (χ1v) is 9.68. The molecule has 2 aromatic carbocycles. The normalized spacial score (nSPS) is 15.4. The lowest BCUT2D eigenvalue weighted by molar-refractivity contribution is -0.123. The van der Waals surface area contributed by atoms with Crippen LogP contribution in [0.25, 0.3) is 11.8 Å². The molecule has 0 spiro atoms. The number of benzene rings is 2. The molecule has 2 amide bonds. The lowest BCUT2D eigenvalue weighted by atomic mass is 10.2. The number of nitrogens with zero attached hydrogens (tertiary/aromatic N) is 2. The topological polar surface area (TPSA) is 51.5 Å². The molecule has 0 saturated carbocycles. The third kappa shape index (κ3) is 3.95. The molecule has 4 rings (SSSR count). The molecule has 0 atom stereocenters. The van der Waals surface area contributed by atoms with Crippen molar-refractivity contribution >= 4 is 29.0 Å². The number of thioether (sulfide) groups is 1. The summed E-state index contributed by atoms with van der Waals surface area (Å²) in [6.45, 7) is -0.0818. The third-order valence-corrected chi connectivity index (χ3v) is 5.45. The van der Waals surface area contributed by atoms with Crippen LogP contribution in [0.2, 0.25) is 0 Å². The molecule has 7 heteroatoms. The van der Waals surface area contributed by atoms with Crippen molar-refractivity contribution in [3.05, 3.63) is 88.8 Å². The molecular weight excluding hydrogens is 391 g/mol. The molecule has 1 fully saturated rings. The maximum absolute atomic E-state index is 13.9. The van der Waals surface area contributed by atoms with Gasteiger partial charge in [-0.25, -0.2) is 4.39 Å². The molecular formula is C22H17FN2O3S. The summed E-state index contributed by atoms with van der Waals surface area (Å²) >= 11 is 0.862. The van der Waals surface area contributed by atoms with Crippen LogP contribution in [0.4, 0.5) is 9.18 Å². The van der Waals surface area contributed by atoms with Gasteiger partial charge in [0.15, 0.2) is 0 Å². The van der Waals surface area contributed by atoms with E-state index in [4.69, 9.17) is 4.74 Å². The predicted octanol–water partition coefficient (Wildman–Crippen LogP) is 4.86. The summed E-state index contributed by atoms with van der Waals surface area (Å²) in [6, 6.07) is 15.6. The van der Waals surface area contributed by atoms with Gasteiger partial charge in [0, 0.05) is 23.6 Å². The molecule has 1 saturated heterocycles.